The lowest BCUT2D eigenvalue weighted by Gasteiger charge is -2.25. The first-order valence-electron chi connectivity index (χ1n) is 6.57. The van der Waals surface area contributed by atoms with Crippen molar-refractivity contribution >= 4 is 27.6 Å². The molecule has 2 aromatic carbocycles. The summed E-state index contributed by atoms with van der Waals surface area (Å²) in [6.07, 6.45) is 0.474. The molecule has 1 unspecified atom stereocenters. The van der Waals surface area contributed by atoms with Crippen molar-refractivity contribution in [3.05, 3.63) is 63.9 Å². The molecule has 0 spiro atoms. The van der Waals surface area contributed by atoms with Crippen LogP contribution in [0.25, 0.3) is 0 Å². The number of halogens is 2. The lowest BCUT2D eigenvalue weighted by molar-refractivity contribution is -0.138. The highest BCUT2D eigenvalue weighted by molar-refractivity contribution is 9.10. The van der Waals surface area contributed by atoms with Crippen LogP contribution in [-0.4, -0.2) is 17.1 Å². The number of benzene rings is 2. The molecule has 1 aliphatic rings. The quantitative estimate of drug-likeness (QED) is 0.920. The minimum Gasteiger partial charge on any atom is -0.480 e. The Morgan fingerprint density at radius 3 is 2.81 bits per heavy atom. The number of hydrogen-bond donors (Lipinski definition) is 1. The van der Waals surface area contributed by atoms with Crippen molar-refractivity contribution in [3.63, 3.8) is 0 Å². The summed E-state index contributed by atoms with van der Waals surface area (Å²) in [5, 5.41) is 9.42. The van der Waals surface area contributed by atoms with E-state index < -0.39 is 12.0 Å². The summed E-state index contributed by atoms with van der Waals surface area (Å²) >= 11 is 3.26. The monoisotopic (exact) mass is 349 g/mol. The van der Waals surface area contributed by atoms with Crippen LogP contribution in [0.3, 0.4) is 0 Å². The molecule has 0 aromatic heterocycles. The van der Waals surface area contributed by atoms with Crippen molar-refractivity contribution in [1.29, 1.82) is 0 Å². The molecule has 1 heterocycles. The highest BCUT2D eigenvalue weighted by Gasteiger charge is 2.34. The zero-order valence-electron chi connectivity index (χ0n) is 11.1. The van der Waals surface area contributed by atoms with Crippen LogP contribution in [-0.2, 0) is 17.8 Å². The highest BCUT2D eigenvalue weighted by atomic mass is 79.9. The molecule has 0 saturated carbocycles. The Labute approximate surface area is 130 Å². The summed E-state index contributed by atoms with van der Waals surface area (Å²) in [6, 6.07) is 11.7. The summed E-state index contributed by atoms with van der Waals surface area (Å²) in [7, 11) is 0. The summed E-state index contributed by atoms with van der Waals surface area (Å²) in [4.78, 5) is 13.3. The maximum Gasteiger partial charge on any atom is 0.326 e. The third kappa shape index (κ3) is 2.78. The third-order valence-corrected chi connectivity index (χ3v) is 4.11. The number of carbonyl (C=O) groups is 1. The fourth-order valence-electron chi connectivity index (χ4n) is 2.76. The van der Waals surface area contributed by atoms with E-state index in [1.54, 1.807) is 0 Å². The van der Waals surface area contributed by atoms with Crippen LogP contribution in [0.1, 0.15) is 11.1 Å². The largest absolute Gasteiger partial charge is 0.480 e. The number of carboxylic acid groups (broad SMARTS) is 1. The fraction of sp³-hybridized carbons (Fsp3) is 0.188. The van der Waals surface area contributed by atoms with Crippen LogP contribution < -0.4 is 4.90 Å². The molecule has 0 saturated heterocycles. The number of anilines is 1. The lowest BCUT2D eigenvalue weighted by Crippen LogP contribution is -2.38. The van der Waals surface area contributed by atoms with Gasteiger partial charge in [-0.2, -0.15) is 0 Å². The molecule has 3 rings (SSSR count). The van der Waals surface area contributed by atoms with Gasteiger partial charge >= 0.3 is 5.97 Å². The Bertz CT molecular complexity index is 684. The molecule has 1 aliphatic heterocycles. The van der Waals surface area contributed by atoms with Gasteiger partial charge in [0.05, 0.1) is 0 Å². The first-order valence-corrected chi connectivity index (χ1v) is 7.36. The summed E-state index contributed by atoms with van der Waals surface area (Å²) in [6.45, 7) is 0.365. The number of para-hydroxylation sites is 1. The number of nitrogens with zero attached hydrogens (tertiary/aromatic N) is 1. The molecule has 0 bridgehead atoms. The van der Waals surface area contributed by atoms with Gasteiger partial charge in [-0.05, 0) is 35.4 Å². The van der Waals surface area contributed by atoms with Gasteiger partial charge in [0.1, 0.15) is 11.9 Å². The number of aliphatic carboxylic acids is 1. The predicted octanol–water partition coefficient (Wildman–Crippen LogP) is 3.60. The maximum atomic E-state index is 13.5. The van der Waals surface area contributed by atoms with Gasteiger partial charge in [0, 0.05) is 23.1 Å². The van der Waals surface area contributed by atoms with Gasteiger partial charge in [0.25, 0.3) is 0 Å². The summed E-state index contributed by atoms with van der Waals surface area (Å²) in [5.74, 6) is -1.19. The molecule has 21 heavy (non-hydrogen) atoms. The van der Waals surface area contributed by atoms with Gasteiger partial charge in [0.15, 0.2) is 0 Å². The number of hydrogen-bond acceptors (Lipinski definition) is 2. The molecule has 0 fully saturated rings. The molecule has 1 atom stereocenters. The third-order valence-electron chi connectivity index (χ3n) is 3.65. The molecule has 108 valence electrons. The van der Waals surface area contributed by atoms with Gasteiger partial charge in [-0.15, -0.1) is 0 Å². The van der Waals surface area contributed by atoms with Gasteiger partial charge < -0.3 is 10.0 Å². The van der Waals surface area contributed by atoms with E-state index in [4.69, 9.17) is 0 Å². The molecule has 0 aliphatic carbocycles. The highest BCUT2D eigenvalue weighted by Crippen LogP contribution is 2.33. The Kier molecular flexibility index (Phi) is 3.68. The van der Waals surface area contributed by atoms with Crippen LogP contribution in [0.2, 0.25) is 0 Å². The van der Waals surface area contributed by atoms with Crippen LogP contribution in [0.4, 0.5) is 10.1 Å². The smallest absolute Gasteiger partial charge is 0.326 e. The molecule has 1 N–H and O–H groups in total. The van der Waals surface area contributed by atoms with Gasteiger partial charge in [-0.1, -0.05) is 34.1 Å². The Morgan fingerprint density at radius 2 is 2.10 bits per heavy atom. The topological polar surface area (TPSA) is 40.5 Å². The molecular weight excluding hydrogens is 337 g/mol. The van der Waals surface area contributed by atoms with Crippen molar-refractivity contribution in [2.75, 3.05) is 4.90 Å². The molecule has 3 nitrogen and oxygen atoms in total. The lowest BCUT2D eigenvalue weighted by atomic mass is 10.1. The average molecular weight is 350 g/mol. The van der Waals surface area contributed by atoms with Crippen molar-refractivity contribution in [1.82, 2.24) is 0 Å². The minimum atomic E-state index is -0.860. The first kappa shape index (κ1) is 14.1. The predicted molar refractivity (Wildman–Crippen MR) is 81.9 cm³/mol. The Hall–Kier alpha value is -1.88. The van der Waals surface area contributed by atoms with E-state index >= 15 is 0 Å². The van der Waals surface area contributed by atoms with E-state index in [0.717, 1.165) is 16.8 Å². The normalized spacial score (nSPS) is 16.9. The minimum absolute atomic E-state index is 0.335. The molecular formula is C16H13BrFNO2. The molecule has 0 radical (unpaired) electrons. The second-order valence-electron chi connectivity index (χ2n) is 5.09. The molecule has 2 aromatic rings. The first-order chi connectivity index (χ1) is 10.0. The van der Waals surface area contributed by atoms with Gasteiger partial charge in [0.2, 0.25) is 0 Å². The van der Waals surface area contributed by atoms with E-state index in [-0.39, 0.29) is 5.82 Å². The maximum absolute atomic E-state index is 13.5. The van der Waals surface area contributed by atoms with Crippen LogP contribution in [0, 0.1) is 5.82 Å². The summed E-state index contributed by atoms with van der Waals surface area (Å²) in [5.41, 5.74) is 2.66. The molecule has 5 heteroatoms. The average Bonchev–Trinajstić information content (AvgIpc) is 2.77. The van der Waals surface area contributed by atoms with Crippen molar-refractivity contribution < 1.29 is 14.3 Å². The van der Waals surface area contributed by atoms with Crippen molar-refractivity contribution in [2.45, 2.75) is 19.0 Å². The second kappa shape index (κ2) is 5.48. The SMILES string of the molecule is O=C(O)C1Cc2ccccc2N1Cc1cc(F)cc(Br)c1. The van der Waals surface area contributed by atoms with E-state index in [1.165, 1.54) is 12.1 Å². The summed E-state index contributed by atoms with van der Waals surface area (Å²) < 4.78 is 14.1. The Morgan fingerprint density at radius 1 is 1.33 bits per heavy atom. The van der Waals surface area contributed by atoms with Crippen molar-refractivity contribution in [3.8, 4) is 0 Å². The van der Waals surface area contributed by atoms with Gasteiger partial charge in [-0.3, -0.25) is 0 Å². The van der Waals surface area contributed by atoms with Crippen LogP contribution in [0.15, 0.2) is 46.9 Å². The van der Waals surface area contributed by atoms with E-state index in [1.807, 2.05) is 35.2 Å². The zero-order chi connectivity index (χ0) is 15.0. The Balaban J connectivity index is 1.96. The van der Waals surface area contributed by atoms with E-state index in [2.05, 4.69) is 15.9 Å². The van der Waals surface area contributed by atoms with Crippen LogP contribution >= 0.6 is 15.9 Å². The van der Waals surface area contributed by atoms with Gasteiger partial charge in [-0.25, -0.2) is 9.18 Å². The zero-order valence-corrected chi connectivity index (χ0v) is 12.7. The number of carboxylic acids is 1. The standard InChI is InChI=1S/C16H13BrFNO2/c17-12-5-10(6-13(18)8-12)9-19-14-4-2-1-3-11(14)7-15(19)16(20)21/h1-6,8,15H,7,9H2,(H,20,21). The fourth-order valence-corrected chi connectivity index (χ4v) is 3.28. The van der Waals surface area contributed by atoms with E-state index in [0.29, 0.717) is 17.4 Å². The number of fused-ring (bicyclic) bond motifs is 1. The number of rotatable bonds is 3. The van der Waals surface area contributed by atoms with E-state index in [9.17, 15) is 14.3 Å². The molecule has 0 amide bonds. The van der Waals surface area contributed by atoms with Crippen LogP contribution in [0.5, 0.6) is 0 Å². The van der Waals surface area contributed by atoms with Crippen molar-refractivity contribution in [2.24, 2.45) is 0 Å². The second-order valence-corrected chi connectivity index (χ2v) is 6.01.